The van der Waals surface area contributed by atoms with Crippen LogP contribution in [0.25, 0.3) is 0 Å². The Labute approximate surface area is 114 Å². The molecule has 2 aliphatic rings. The number of nitrogens with one attached hydrogen (secondary N) is 1. The van der Waals surface area contributed by atoms with Crippen LogP contribution in [-0.2, 0) is 14.3 Å². The molecule has 110 valence electrons. The fourth-order valence-corrected chi connectivity index (χ4v) is 2.82. The van der Waals surface area contributed by atoms with Gasteiger partial charge >= 0.3 is 0 Å². The molecule has 19 heavy (non-hydrogen) atoms. The highest BCUT2D eigenvalue weighted by Gasteiger charge is 2.31. The minimum absolute atomic E-state index is 0.128. The molecule has 3 N–H and O–H groups in total. The summed E-state index contributed by atoms with van der Waals surface area (Å²) < 4.78 is 11.4. The number of carbonyl (C=O) groups is 1. The number of hydrogen-bond acceptors (Lipinski definition) is 5. The van der Waals surface area contributed by atoms with Gasteiger partial charge in [0.1, 0.15) is 6.10 Å². The van der Waals surface area contributed by atoms with E-state index in [4.69, 9.17) is 15.3 Å². The lowest BCUT2D eigenvalue weighted by atomic mass is 10.1. The van der Waals surface area contributed by atoms with Crippen LogP contribution < -0.4 is 11.3 Å². The molecule has 1 amide bonds. The van der Waals surface area contributed by atoms with Crippen molar-refractivity contribution in [1.82, 2.24) is 10.3 Å². The Bertz CT molecular complexity index is 295. The van der Waals surface area contributed by atoms with E-state index < -0.39 is 0 Å². The molecule has 2 saturated heterocycles. The summed E-state index contributed by atoms with van der Waals surface area (Å²) >= 11 is 0. The summed E-state index contributed by atoms with van der Waals surface area (Å²) in [5.41, 5.74) is 2.16. The number of carbonyl (C=O) groups excluding carboxylic acids is 1. The van der Waals surface area contributed by atoms with Crippen molar-refractivity contribution in [2.45, 2.75) is 50.9 Å². The number of hydrogen-bond donors (Lipinski definition) is 2. The lowest BCUT2D eigenvalue weighted by Gasteiger charge is -2.26. The number of amides is 1. The fraction of sp³-hybridized carbons (Fsp3) is 0.923. The van der Waals surface area contributed by atoms with E-state index in [0.29, 0.717) is 6.10 Å². The smallest absolute Gasteiger partial charge is 0.263 e. The van der Waals surface area contributed by atoms with Crippen molar-refractivity contribution in [3.63, 3.8) is 0 Å². The monoisotopic (exact) mass is 271 g/mol. The lowest BCUT2D eigenvalue weighted by Crippen LogP contribution is -2.41. The second kappa shape index (κ2) is 7.19. The summed E-state index contributed by atoms with van der Waals surface area (Å²) in [4.78, 5) is 13.7. The average molecular weight is 271 g/mol. The van der Waals surface area contributed by atoms with Crippen molar-refractivity contribution < 1.29 is 14.3 Å². The summed E-state index contributed by atoms with van der Waals surface area (Å²) in [5.74, 6) is 4.91. The summed E-state index contributed by atoms with van der Waals surface area (Å²) in [6.07, 6.45) is 4.11. The van der Waals surface area contributed by atoms with E-state index >= 15 is 0 Å². The standard InChI is InChI=1S/C13H25N3O3/c1-2-16(8-10-4-3-7-18-10)9-11-5-6-12(19-11)13(17)15-14/h10-12H,2-9,14H2,1H3,(H,15,17). The molecule has 0 bridgehead atoms. The normalized spacial score (nSPS) is 31.0. The molecule has 0 spiro atoms. The topological polar surface area (TPSA) is 76.8 Å². The van der Waals surface area contributed by atoms with Crippen molar-refractivity contribution in [3.05, 3.63) is 0 Å². The Hall–Kier alpha value is -0.690. The zero-order valence-electron chi connectivity index (χ0n) is 11.6. The maximum Gasteiger partial charge on any atom is 0.263 e. The molecule has 2 heterocycles. The van der Waals surface area contributed by atoms with Crippen LogP contribution in [0.5, 0.6) is 0 Å². The fourth-order valence-electron chi connectivity index (χ4n) is 2.82. The third-order valence-electron chi connectivity index (χ3n) is 3.94. The van der Waals surface area contributed by atoms with Crippen LogP contribution in [0, 0.1) is 0 Å². The van der Waals surface area contributed by atoms with Crippen molar-refractivity contribution >= 4 is 5.91 Å². The van der Waals surface area contributed by atoms with Gasteiger partial charge < -0.3 is 9.47 Å². The van der Waals surface area contributed by atoms with Gasteiger partial charge in [0.25, 0.3) is 5.91 Å². The van der Waals surface area contributed by atoms with Crippen LogP contribution in [0.2, 0.25) is 0 Å². The van der Waals surface area contributed by atoms with Crippen molar-refractivity contribution in [2.75, 3.05) is 26.2 Å². The molecule has 0 saturated carbocycles. The molecule has 2 aliphatic heterocycles. The van der Waals surface area contributed by atoms with Gasteiger partial charge in [0.05, 0.1) is 12.2 Å². The molecule has 3 unspecified atom stereocenters. The first-order chi connectivity index (χ1) is 9.22. The average Bonchev–Trinajstić information content (AvgIpc) is 3.08. The van der Waals surface area contributed by atoms with E-state index in [1.54, 1.807) is 0 Å². The maximum absolute atomic E-state index is 11.4. The second-order valence-corrected chi connectivity index (χ2v) is 5.32. The van der Waals surface area contributed by atoms with Crippen LogP contribution >= 0.6 is 0 Å². The quantitative estimate of drug-likeness (QED) is 0.405. The van der Waals surface area contributed by atoms with Gasteiger partial charge in [-0.3, -0.25) is 15.1 Å². The summed E-state index contributed by atoms with van der Waals surface area (Å²) in [5, 5.41) is 0. The van der Waals surface area contributed by atoms with E-state index in [0.717, 1.165) is 45.5 Å². The Morgan fingerprint density at radius 3 is 2.74 bits per heavy atom. The summed E-state index contributed by atoms with van der Waals surface area (Å²) in [7, 11) is 0. The zero-order chi connectivity index (χ0) is 13.7. The predicted octanol–water partition coefficient (Wildman–Crippen LogP) is 0.0248. The van der Waals surface area contributed by atoms with Gasteiger partial charge in [0, 0.05) is 19.7 Å². The van der Waals surface area contributed by atoms with E-state index in [1.807, 2.05) is 0 Å². The number of likely N-dealkylation sites (N-methyl/N-ethyl adjacent to an activating group) is 1. The van der Waals surface area contributed by atoms with Crippen molar-refractivity contribution in [1.29, 1.82) is 0 Å². The molecule has 0 aromatic heterocycles. The number of hydrazine groups is 1. The van der Waals surface area contributed by atoms with Gasteiger partial charge in [-0.15, -0.1) is 0 Å². The highest BCUT2D eigenvalue weighted by molar-refractivity contribution is 5.80. The minimum Gasteiger partial charge on any atom is -0.377 e. The van der Waals surface area contributed by atoms with Gasteiger partial charge in [-0.25, -0.2) is 5.84 Å². The van der Waals surface area contributed by atoms with Crippen molar-refractivity contribution in [2.24, 2.45) is 5.84 Å². The Morgan fingerprint density at radius 2 is 2.11 bits per heavy atom. The zero-order valence-corrected chi connectivity index (χ0v) is 11.6. The number of nitrogens with two attached hydrogens (primary N) is 1. The Balaban J connectivity index is 1.74. The van der Waals surface area contributed by atoms with Gasteiger partial charge in [-0.2, -0.15) is 0 Å². The number of ether oxygens (including phenoxy) is 2. The highest BCUT2D eigenvalue weighted by atomic mass is 16.5. The van der Waals surface area contributed by atoms with Crippen LogP contribution in [0.3, 0.4) is 0 Å². The molecule has 6 nitrogen and oxygen atoms in total. The molecule has 0 aromatic rings. The van der Waals surface area contributed by atoms with Crippen LogP contribution in [-0.4, -0.2) is 55.4 Å². The van der Waals surface area contributed by atoms with Crippen molar-refractivity contribution in [3.8, 4) is 0 Å². The van der Waals surface area contributed by atoms with Gasteiger partial charge in [-0.1, -0.05) is 6.92 Å². The third-order valence-corrected chi connectivity index (χ3v) is 3.94. The lowest BCUT2D eigenvalue weighted by molar-refractivity contribution is -0.132. The molecule has 0 radical (unpaired) electrons. The maximum atomic E-state index is 11.4. The van der Waals surface area contributed by atoms with Gasteiger partial charge in [-0.05, 0) is 32.2 Å². The molecule has 0 aliphatic carbocycles. The number of rotatable bonds is 6. The molecule has 2 fully saturated rings. The largest absolute Gasteiger partial charge is 0.377 e. The van der Waals surface area contributed by atoms with Gasteiger partial charge in [0.2, 0.25) is 0 Å². The van der Waals surface area contributed by atoms with Crippen LogP contribution in [0.15, 0.2) is 0 Å². The Kier molecular flexibility index (Phi) is 5.57. The molecule has 0 aromatic carbocycles. The molecular formula is C13H25N3O3. The second-order valence-electron chi connectivity index (χ2n) is 5.32. The van der Waals surface area contributed by atoms with E-state index in [-0.39, 0.29) is 18.1 Å². The van der Waals surface area contributed by atoms with Crippen LogP contribution in [0.1, 0.15) is 32.6 Å². The first kappa shape index (κ1) is 14.7. The summed E-state index contributed by atoms with van der Waals surface area (Å²) in [6.45, 7) is 5.84. The van der Waals surface area contributed by atoms with E-state index in [9.17, 15) is 4.79 Å². The minimum atomic E-state index is -0.378. The molecule has 2 rings (SSSR count). The predicted molar refractivity (Wildman–Crippen MR) is 71.3 cm³/mol. The molecular weight excluding hydrogens is 246 g/mol. The molecule has 3 atom stereocenters. The molecule has 6 heteroatoms. The van der Waals surface area contributed by atoms with E-state index in [2.05, 4.69) is 17.2 Å². The third kappa shape index (κ3) is 4.14. The SMILES string of the molecule is CCN(CC1CCCO1)CC1CCC(C(=O)NN)O1. The number of nitrogens with zero attached hydrogens (tertiary/aromatic N) is 1. The first-order valence-corrected chi connectivity index (χ1v) is 7.22. The van der Waals surface area contributed by atoms with Crippen LogP contribution in [0.4, 0.5) is 0 Å². The van der Waals surface area contributed by atoms with Gasteiger partial charge in [0.15, 0.2) is 0 Å². The van der Waals surface area contributed by atoms with E-state index in [1.165, 1.54) is 6.42 Å². The highest BCUT2D eigenvalue weighted by Crippen LogP contribution is 2.21. The first-order valence-electron chi connectivity index (χ1n) is 7.22. The summed E-state index contributed by atoms with van der Waals surface area (Å²) in [6, 6.07) is 0. The Morgan fingerprint density at radius 1 is 1.32 bits per heavy atom.